The molecule has 0 N–H and O–H groups in total. The fourth-order valence-corrected chi connectivity index (χ4v) is 7.95. The van der Waals surface area contributed by atoms with E-state index in [1.54, 1.807) is 0 Å². The largest absolute Gasteiger partial charge is 0.208 e. The zero-order valence-corrected chi connectivity index (χ0v) is 30.2. The molecule has 0 atom stereocenters. The third-order valence-corrected chi connectivity index (χ3v) is 11.2. The molecule has 1 heterocycles. The van der Waals surface area contributed by atoms with Crippen LogP contribution in [-0.4, -0.2) is 15.0 Å². The molecule has 3 nitrogen and oxygen atoms in total. The van der Waals surface area contributed by atoms with Gasteiger partial charge in [-0.05, 0) is 90.7 Å². The van der Waals surface area contributed by atoms with Gasteiger partial charge in [0.05, 0.1) is 0 Å². The van der Waals surface area contributed by atoms with Crippen molar-refractivity contribution >= 4 is 21.5 Å². The van der Waals surface area contributed by atoms with E-state index < -0.39 is 0 Å². The third kappa shape index (κ3) is 5.77. The van der Waals surface area contributed by atoms with Crippen molar-refractivity contribution in [3.05, 3.63) is 163 Å². The molecule has 3 heteroatoms. The van der Waals surface area contributed by atoms with Crippen molar-refractivity contribution in [3.8, 4) is 56.4 Å². The van der Waals surface area contributed by atoms with Gasteiger partial charge in [0.1, 0.15) is 0 Å². The van der Waals surface area contributed by atoms with Gasteiger partial charge in [-0.25, -0.2) is 15.0 Å². The van der Waals surface area contributed by atoms with Gasteiger partial charge in [-0.1, -0.05) is 167 Å². The summed E-state index contributed by atoms with van der Waals surface area (Å²) in [5, 5.41) is 4.86. The molecule has 1 aliphatic rings. The van der Waals surface area contributed by atoms with Crippen molar-refractivity contribution in [1.29, 1.82) is 0 Å². The average molecular weight is 672 g/mol. The Kier molecular flexibility index (Phi) is 7.62. The highest BCUT2D eigenvalue weighted by Gasteiger charge is 2.37. The summed E-state index contributed by atoms with van der Waals surface area (Å²) in [6.07, 6.45) is 2.44. The van der Waals surface area contributed by atoms with Crippen LogP contribution in [0.25, 0.3) is 78.0 Å². The lowest BCUT2D eigenvalue weighted by atomic mass is 9.63. The highest BCUT2D eigenvalue weighted by Crippen LogP contribution is 2.47. The Labute approximate surface area is 306 Å². The van der Waals surface area contributed by atoms with Crippen molar-refractivity contribution < 1.29 is 0 Å². The van der Waals surface area contributed by atoms with Crippen LogP contribution in [0.5, 0.6) is 0 Å². The molecule has 0 saturated carbocycles. The third-order valence-electron chi connectivity index (χ3n) is 11.2. The molecule has 0 fully saturated rings. The van der Waals surface area contributed by atoms with E-state index in [2.05, 4.69) is 143 Å². The van der Waals surface area contributed by atoms with Crippen LogP contribution in [0.4, 0.5) is 0 Å². The molecule has 0 radical (unpaired) electrons. The molecule has 9 rings (SSSR count). The van der Waals surface area contributed by atoms with Crippen molar-refractivity contribution in [3.63, 3.8) is 0 Å². The van der Waals surface area contributed by atoms with Crippen LogP contribution in [0.1, 0.15) is 51.7 Å². The van der Waals surface area contributed by atoms with Crippen LogP contribution in [-0.2, 0) is 10.8 Å². The zero-order valence-electron chi connectivity index (χ0n) is 30.2. The molecule has 252 valence electrons. The minimum atomic E-state index is 0.180. The van der Waals surface area contributed by atoms with Gasteiger partial charge < -0.3 is 0 Å². The number of benzene rings is 7. The number of nitrogens with zero attached hydrogens (tertiary/aromatic N) is 3. The van der Waals surface area contributed by atoms with Gasteiger partial charge in [-0.2, -0.15) is 0 Å². The van der Waals surface area contributed by atoms with E-state index in [0.717, 1.165) is 27.6 Å². The SMILES string of the molecule is CC1(C)CCC(C)(C)c2cc(-c3ccc4c(ccc5cc(-c6nc(-c7ccccc7)nc(-c7ccc(-c8ccccc8)cc7)n6)ccc54)c3)ccc21. The predicted molar refractivity (Wildman–Crippen MR) is 217 cm³/mol. The maximum absolute atomic E-state index is 5.04. The summed E-state index contributed by atoms with van der Waals surface area (Å²) in [4.78, 5) is 15.0. The Morgan fingerprint density at radius 3 is 1.37 bits per heavy atom. The lowest BCUT2D eigenvalue weighted by Crippen LogP contribution is -2.33. The van der Waals surface area contributed by atoms with E-state index in [-0.39, 0.29) is 10.8 Å². The molecule has 0 saturated heterocycles. The number of aromatic nitrogens is 3. The van der Waals surface area contributed by atoms with Gasteiger partial charge in [-0.3, -0.25) is 0 Å². The Morgan fingerprint density at radius 1 is 0.346 bits per heavy atom. The van der Waals surface area contributed by atoms with E-state index in [9.17, 15) is 0 Å². The highest BCUT2D eigenvalue weighted by atomic mass is 15.0. The number of rotatable bonds is 5. The smallest absolute Gasteiger partial charge is 0.164 e. The van der Waals surface area contributed by atoms with Gasteiger partial charge in [-0.15, -0.1) is 0 Å². The van der Waals surface area contributed by atoms with Gasteiger partial charge >= 0.3 is 0 Å². The maximum atomic E-state index is 5.04. The standard InChI is InChI=1S/C49H41N3/c1-48(2)27-28-49(3,4)44-31-37(23-26-43(44)48)36-21-24-41-38(29-36)19-20-39-30-40(22-25-42(39)41)47-51-45(34-13-9-6-10-14-34)50-46(52-47)35-17-15-33(16-18-35)32-11-7-5-8-12-32/h5-26,29-31H,27-28H2,1-4H3. The zero-order chi connectivity index (χ0) is 35.5. The lowest BCUT2D eigenvalue weighted by Gasteiger charge is -2.42. The Hall–Kier alpha value is -5.93. The van der Waals surface area contributed by atoms with E-state index in [1.165, 1.54) is 56.8 Å². The Morgan fingerprint density at radius 2 is 0.750 bits per heavy atom. The van der Waals surface area contributed by atoms with Crippen LogP contribution < -0.4 is 0 Å². The molecule has 7 aromatic carbocycles. The highest BCUT2D eigenvalue weighted by molar-refractivity contribution is 6.09. The Balaban J connectivity index is 1.09. The Bertz CT molecular complexity index is 2600. The van der Waals surface area contributed by atoms with Crippen molar-refractivity contribution in [2.75, 3.05) is 0 Å². The van der Waals surface area contributed by atoms with Gasteiger partial charge in [0, 0.05) is 16.7 Å². The van der Waals surface area contributed by atoms with E-state index in [0.29, 0.717) is 17.5 Å². The van der Waals surface area contributed by atoms with Gasteiger partial charge in [0.2, 0.25) is 0 Å². The quantitative estimate of drug-likeness (QED) is 0.171. The second-order valence-corrected chi connectivity index (χ2v) is 15.6. The summed E-state index contributed by atoms with van der Waals surface area (Å²) < 4.78 is 0. The fourth-order valence-electron chi connectivity index (χ4n) is 7.95. The van der Waals surface area contributed by atoms with Crippen LogP contribution >= 0.6 is 0 Å². The summed E-state index contributed by atoms with van der Waals surface area (Å²) in [6, 6.07) is 54.2. The summed E-state index contributed by atoms with van der Waals surface area (Å²) in [5.41, 5.74) is 11.1. The van der Waals surface area contributed by atoms with Gasteiger partial charge in [0.25, 0.3) is 0 Å². The molecule has 8 aromatic rings. The second-order valence-electron chi connectivity index (χ2n) is 15.6. The minimum Gasteiger partial charge on any atom is -0.208 e. The monoisotopic (exact) mass is 671 g/mol. The van der Waals surface area contributed by atoms with Crippen LogP contribution in [0.2, 0.25) is 0 Å². The first-order valence-electron chi connectivity index (χ1n) is 18.3. The molecule has 52 heavy (non-hydrogen) atoms. The van der Waals surface area contributed by atoms with Crippen LogP contribution in [0, 0.1) is 0 Å². The summed E-state index contributed by atoms with van der Waals surface area (Å²) in [7, 11) is 0. The van der Waals surface area contributed by atoms with Crippen molar-refractivity contribution in [1.82, 2.24) is 15.0 Å². The van der Waals surface area contributed by atoms with Gasteiger partial charge in [0.15, 0.2) is 17.5 Å². The van der Waals surface area contributed by atoms with Crippen molar-refractivity contribution in [2.45, 2.75) is 51.4 Å². The first kappa shape index (κ1) is 32.0. The predicted octanol–water partition coefficient (Wildman–Crippen LogP) is 12.9. The van der Waals surface area contributed by atoms with Crippen LogP contribution in [0.15, 0.2) is 152 Å². The number of hydrogen-bond acceptors (Lipinski definition) is 3. The van der Waals surface area contributed by atoms with Crippen LogP contribution in [0.3, 0.4) is 0 Å². The lowest BCUT2D eigenvalue weighted by molar-refractivity contribution is 0.332. The number of fused-ring (bicyclic) bond motifs is 4. The minimum absolute atomic E-state index is 0.180. The molecule has 0 spiro atoms. The average Bonchev–Trinajstić information content (AvgIpc) is 3.19. The summed E-state index contributed by atoms with van der Waals surface area (Å²) >= 11 is 0. The van der Waals surface area contributed by atoms with E-state index in [1.807, 2.05) is 36.4 Å². The molecule has 0 aliphatic heterocycles. The molecule has 0 bridgehead atoms. The fraction of sp³-hybridized carbons (Fsp3) is 0.163. The summed E-state index contributed by atoms with van der Waals surface area (Å²) in [6.45, 7) is 9.57. The second kappa shape index (κ2) is 12.4. The first-order chi connectivity index (χ1) is 25.2. The molecular weight excluding hydrogens is 631 g/mol. The molecule has 1 aromatic heterocycles. The summed E-state index contributed by atoms with van der Waals surface area (Å²) in [5.74, 6) is 1.98. The van der Waals surface area contributed by atoms with Crippen molar-refractivity contribution in [2.24, 2.45) is 0 Å². The normalized spacial score (nSPS) is 14.7. The molecule has 1 aliphatic carbocycles. The molecule has 0 amide bonds. The molecule has 0 unspecified atom stereocenters. The van der Waals surface area contributed by atoms with E-state index in [4.69, 9.17) is 15.0 Å². The molecular formula is C49H41N3. The topological polar surface area (TPSA) is 38.7 Å². The first-order valence-corrected chi connectivity index (χ1v) is 18.3. The number of hydrogen-bond donors (Lipinski definition) is 0. The maximum Gasteiger partial charge on any atom is 0.164 e. The van der Waals surface area contributed by atoms with E-state index >= 15 is 0 Å².